The van der Waals surface area contributed by atoms with Crippen LogP contribution in [-0.4, -0.2) is 24.0 Å². The number of carbonyl (C=O) groups excluding carboxylic acids is 1. The van der Waals surface area contributed by atoms with Crippen molar-refractivity contribution in [2.45, 2.75) is 13.3 Å². The molecular weight excluding hydrogens is 221 g/mol. The van der Waals surface area contributed by atoms with Gasteiger partial charge in [-0.15, -0.1) is 0 Å². The van der Waals surface area contributed by atoms with Crippen LogP contribution in [0.15, 0.2) is 24.3 Å². The quantitative estimate of drug-likeness (QED) is 0.872. The van der Waals surface area contributed by atoms with Gasteiger partial charge in [-0.25, -0.2) is 9.18 Å². The van der Waals surface area contributed by atoms with Gasteiger partial charge in [0.1, 0.15) is 5.82 Å². The number of hydrogen-bond donors (Lipinski definition) is 1. The molecule has 0 aliphatic carbocycles. The second kappa shape index (κ2) is 6.48. The van der Waals surface area contributed by atoms with Gasteiger partial charge >= 0.3 is 6.03 Å². The standard InChI is InChI=1S/C12H14FN3O/c1-2-16(9-5-8-14)12(17)15-11-7-4-3-6-10(11)13/h3-4,6-7H,2,5,9H2,1H3,(H,15,17). The SMILES string of the molecule is CCN(CCC#N)C(=O)Nc1ccccc1F. The lowest BCUT2D eigenvalue weighted by atomic mass is 10.3. The molecule has 1 aromatic carbocycles. The fraction of sp³-hybridized carbons (Fsp3) is 0.333. The monoisotopic (exact) mass is 235 g/mol. The number of hydrogen-bond acceptors (Lipinski definition) is 2. The van der Waals surface area contributed by atoms with E-state index in [4.69, 9.17) is 5.26 Å². The van der Waals surface area contributed by atoms with Crippen molar-refractivity contribution >= 4 is 11.7 Å². The molecule has 0 heterocycles. The van der Waals surface area contributed by atoms with Gasteiger partial charge < -0.3 is 10.2 Å². The summed E-state index contributed by atoms with van der Waals surface area (Å²) in [7, 11) is 0. The lowest BCUT2D eigenvalue weighted by Gasteiger charge is -2.20. The Hall–Kier alpha value is -2.09. The molecule has 4 nitrogen and oxygen atoms in total. The van der Waals surface area contributed by atoms with Crippen molar-refractivity contribution in [2.75, 3.05) is 18.4 Å². The van der Waals surface area contributed by atoms with Gasteiger partial charge in [-0.1, -0.05) is 12.1 Å². The number of nitriles is 1. The molecule has 0 saturated heterocycles. The van der Waals surface area contributed by atoms with Gasteiger partial charge in [0.05, 0.1) is 18.2 Å². The Kier molecular flexibility index (Phi) is 4.95. The summed E-state index contributed by atoms with van der Waals surface area (Å²) in [6, 6.07) is 7.54. The van der Waals surface area contributed by atoms with Crippen LogP contribution < -0.4 is 5.32 Å². The number of halogens is 1. The molecule has 5 heteroatoms. The molecule has 0 radical (unpaired) electrons. The van der Waals surface area contributed by atoms with Gasteiger partial charge in [-0.2, -0.15) is 5.26 Å². The molecular formula is C12H14FN3O. The van der Waals surface area contributed by atoms with Crippen molar-refractivity contribution in [1.82, 2.24) is 4.90 Å². The van der Waals surface area contributed by atoms with Crippen molar-refractivity contribution in [3.8, 4) is 6.07 Å². The molecule has 1 aromatic rings. The summed E-state index contributed by atoms with van der Waals surface area (Å²) in [5, 5.41) is 10.9. The maximum absolute atomic E-state index is 13.3. The molecule has 1 rings (SSSR count). The number of benzene rings is 1. The summed E-state index contributed by atoms with van der Waals surface area (Å²) in [6.07, 6.45) is 0.262. The van der Waals surface area contributed by atoms with Gasteiger partial charge in [0, 0.05) is 13.1 Å². The molecule has 2 amide bonds. The first kappa shape index (κ1) is 13.0. The maximum Gasteiger partial charge on any atom is 0.321 e. The van der Waals surface area contributed by atoms with E-state index in [0.717, 1.165) is 0 Å². The smallest absolute Gasteiger partial charge is 0.321 e. The summed E-state index contributed by atoms with van der Waals surface area (Å²) in [5.74, 6) is -0.475. The summed E-state index contributed by atoms with van der Waals surface area (Å²) < 4.78 is 13.3. The number of amides is 2. The van der Waals surface area contributed by atoms with Crippen LogP contribution >= 0.6 is 0 Å². The predicted molar refractivity (Wildman–Crippen MR) is 62.9 cm³/mol. The molecule has 0 fully saturated rings. The van der Waals surface area contributed by atoms with Gasteiger partial charge in [0.25, 0.3) is 0 Å². The van der Waals surface area contributed by atoms with E-state index < -0.39 is 11.8 Å². The third-order valence-corrected chi connectivity index (χ3v) is 2.28. The Morgan fingerprint density at radius 3 is 2.82 bits per heavy atom. The van der Waals surface area contributed by atoms with Crippen molar-refractivity contribution < 1.29 is 9.18 Å². The zero-order chi connectivity index (χ0) is 12.7. The molecule has 0 saturated carbocycles. The van der Waals surface area contributed by atoms with Crippen LogP contribution in [0, 0.1) is 17.1 Å². The molecule has 0 spiro atoms. The number of rotatable bonds is 4. The molecule has 17 heavy (non-hydrogen) atoms. The molecule has 0 aliphatic heterocycles. The number of para-hydroxylation sites is 1. The first-order valence-corrected chi connectivity index (χ1v) is 5.36. The van der Waals surface area contributed by atoms with E-state index in [-0.39, 0.29) is 12.1 Å². The number of anilines is 1. The van der Waals surface area contributed by atoms with Crippen LogP contribution in [0.5, 0.6) is 0 Å². The second-order valence-corrected chi connectivity index (χ2v) is 3.40. The zero-order valence-electron chi connectivity index (χ0n) is 9.61. The van der Waals surface area contributed by atoms with E-state index in [2.05, 4.69) is 5.32 Å². The average Bonchev–Trinajstić information content (AvgIpc) is 2.33. The lowest BCUT2D eigenvalue weighted by Crippen LogP contribution is -2.35. The number of urea groups is 1. The van der Waals surface area contributed by atoms with Crippen molar-refractivity contribution in [1.29, 1.82) is 5.26 Å². The Labute approximate surface area is 99.7 Å². The van der Waals surface area contributed by atoms with Gasteiger partial charge in [0.15, 0.2) is 0 Å². The van der Waals surface area contributed by atoms with Crippen LogP contribution in [0.25, 0.3) is 0 Å². The topological polar surface area (TPSA) is 56.1 Å². The minimum Gasteiger partial charge on any atom is -0.324 e. The molecule has 0 atom stereocenters. The Morgan fingerprint density at radius 2 is 2.24 bits per heavy atom. The van der Waals surface area contributed by atoms with Crippen LogP contribution in [-0.2, 0) is 0 Å². The van der Waals surface area contributed by atoms with Crippen LogP contribution in [0.3, 0.4) is 0 Å². The fourth-order valence-corrected chi connectivity index (χ4v) is 1.35. The highest BCUT2D eigenvalue weighted by Gasteiger charge is 2.12. The maximum atomic E-state index is 13.3. The Balaban J connectivity index is 2.65. The Bertz CT molecular complexity index is 428. The molecule has 0 unspecified atom stereocenters. The van der Waals surface area contributed by atoms with E-state index in [0.29, 0.717) is 13.1 Å². The normalized spacial score (nSPS) is 9.47. The summed E-state index contributed by atoms with van der Waals surface area (Å²) in [5.41, 5.74) is 0.146. The second-order valence-electron chi connectivity index (χ2n) is 3.40. The minimum atomic E-state index is -0.475. The van der Waals surface area contributed by atoms with Crippen molar-refractivity contribution in [2.24, 2.45) is 0 Å². The van der Waals surface area contributed by atoms with Crippen molar-refractivity contribution in [3.63, 3.8) is 0 Å². The van der Waals surface area contributed by atoms with Crippen LogP contribution in [0.2, 0.25) is 0 Å². The number of nitrogens with one attached hydrogen (secondary N) is 1. The highest BCUT2D eigenvalue weighted by Crippen LogP contribution is 2.13. The third kappa shape index (κ3) is 3.76. The first-order valence-electron chi connectivity index (χ1n) is 5.36. The minimum absolute atomic E-state index is 0.146. The average molecular weight is 235 g/mol. The van der Waals surface area contributed by atoms with E-state index >= 15 is 0 Å². The highest BCUT2D eigenvalue weighted by atomic mass is 19.1. The molecule has 0 bridgehead atoms. The Morgan fingerprint density at radius 1 is 1.53 bits per heavy atom. The highest BCUT2D eigenvalue weighted by molar-refractivity contribution is 5.89. The first-order chi connectivity index (χ1) is 8.19. The summed E-state index contributed by atoms with van der Waals surface area (Å²) >= 11 is 0. The molecule has 90 valence electrons. The van der Waals surface area contributed by atoms with E-state index in [1.54, 1.807) is 19.1 Å². The van der Waals surface area contributed by atoms with Crippen LogP contribution in [0.4, 0.5) is 14.9 Å². The lowest BCUT2D eigenvalue weighted by molar-refractivity contribution is 0.215. The summed E-state index contributed by atoms with van der Waals surface area (Å²) in [6.45, 7) is 2.62. The predicted octanol–water partition coefficient (Wildman–Crippen LogP) is 2.59. The summed E-state index contributed by atoms with van der Waals surface area (Å²) in [4.78, 5) is 13.2. The van der Waals surface area contributed by atoms with Gasteiger partial charge in [-0.3, -0.25) is 0 Å². The molecule has 1 N–H and O–H groups in total. The molecule has 0 aromatic heterocycles. The van der Waals surface area contributed by atoms with Crippen molar-refractivity contribution in [3.05, 3.63) is 30.1 Å². The number of nitrogens with zero attached hydrogens (tertiary/aromatic N) is 2. The largest absolute Gasteiger partial charge is 0.324 e. The van der Waals surface area contributed by atoms with E-state index in [1.807, 2.05) is 6.07 Å². The number of carbonyl (C=O) groups is 1. The zero-order valence-corrected chi connectivity index (χ0v) is 9.61. The van der Waals surface area contributed by atoms with Gasteiger partial charge in [0.2, 0.25) is 0 Å². The van der Waals surface area contributed by atoms with Gasteiger partial charge in [-0.05, 0) is 19.1 Å². The fourth-order valence-electron chi connectivity index (χ4n) is 1.35. The van der Waals surface area contributed by atoms with E-state index in [9.17, 15) is 9.18 Å². The van der Waals surface area contributed by atoms with Crippen LogP contribution in [0.1, 0.15) is 13.3 Å². The molecule has 0 aliphatic rings. The third-order valence-electron chi connectivity index (χ3n) is 2.28. The van der Waals surface area contributed by atoms with E-state index in [1.165, 1.54) is 17.0 Å².